The maximum atomic E-state index is 8.71. The molecule has 0 radical (unpaired) electrons. The van der Waals surface area contributed by atoms with E-state index in [2.05, 4.69) is 25.2 Å². The monoisotopic (exact) mass is 231 g/mol. The van der Waals surface area contributed by atoms with Crippen molar-refractivity contribution in [1.82, 2.24) is 0 Å². The Labute approximate surface area is 104 Å². The molecule has 1 rings (SSSR count). The number of nitrogens with one attached hydrogen (secondary N) is 1. The van der Waals surface area contributed by atoms with Gasteiger partial charge in [-0.25, -0.2) is 0 Å². The molecule has 0 aliphatic rings. The van der Waals surface area contributed by atoms with E-state index in [1.165, 1.54) is 12.8 Å². The van der Waals surface area contributed by atoms with Crippen LogP contribution in [0.4, 0.5) is 11.4 Å². The quantitative estimate of drug-likeness (QED) is 0.738. The summed E-state index contributed by atoms with van der Waals surface area (Å²) in [5, 5.41) is 12.1. The van der Waals surface area contributed by atoms with Gasteiger partial charge in [-0.2, -0.15) is 5.26 Å². The zero-order chi connectivity index (χ0) is 12.7. The van der Waals surface area contributed by atoms with Crippen molar-refractivity contribution in [1.29, 1.82) is 5.26 Å². The van der Waals surface area contributed by atoms with Gasteiger partial charge in [0.1, 0.15) is 0 Å². The number of nitrogens with zero attached hydrogens (tertiary/aromatic N) is 1. The minimum absolute atomic E-state index is 0.366. The second-order valence-corrected chi connectivity index (χ2v) is 4.44. The largest absolute Gasteiger partial charge is 0.398 e. The van der Waals surface area contributed by atoms with Crippen LogP contribution in [0.25, 0.3) is 0 Å². The van der Waals surface area contributed by atoms with E-state index in [9.17, 15) is 0 Å². The van der Waals surface area contributed by atoms with Crippen molar-refractivity contribution < 1.29 is 0 Å². The summed E-state index contributed by atoms with van der Waals surface area (Å²) in [6.45, 7) is 4.37. The summed E-state index contributed by atoms with van der Waals surface area (Å²) >= 11 is 0. The molecule has 0 amide bonds. The number of hydrogen-bond acceptors (Lipinski definition) is 3. The molecule has 3 N–H and O–H groups in total. The molecule has 0 aliphatic heterocycles. The lowest BCUT2D eigenvalue weighted by Crippen LogP contribution is -2.15. The highest BCUT2D eigenvalue weighted by Gasteiger charge is 2.04. The number of benzene rings is 1. The van der Waals surface area contributed by atoms with E-state index >= 15 is 0 Å². The summed E-state index contributed by atoms with van der Waals surface area (Å²) in [5.74, 6) is 0. The molecule has 0 bridgehead atoms. The van der Waals surface area contributed by atoms with Gasteiger partial charge in [-0.05, 0) is 37.1 Å². The van der Waals surface area contributed by atoms with Crippen LogP contribution in [0.5, 0.6) is 0 Å². The maximum Gasteiger partial charge on any atom is 0.0670 e. The second-order valence-electron chi connectivity index (χ2n) is 4.44. The van der Waals surface area contributed by atoms with Crippen LogP contribution < -0.4 is 11.1 Å². The molecule has 0 aliphatic carbocycles. The summed E-state index contributed by atoms with van der Waals surface area (Å²) in [6, 6.07) is 8.39. The first-order valence-corrected chi connectivity index (χ1v) is 6.19. The van der Waals surface area contributed by atoms with Gasteiger partial charge in [-0.15, -0.1) is 0 Å². The number of hydrogen-bond donors (Lipinski definition) is 2. The fraction of sp³-hybridized carbons (Fsp3) is 0.500. The molecule has 0 spiro atoms. The van der Waals surface area contributed by atoms with Crippen molar-refractivity contribution in [3.8, 4) is 6.07 Å². The third-order valence-electron chi connectivity index (χ3n) is 2.82. The van der Waals surface area contributed by atoms with Gasteiger partial charge in [0.25, 0.3) is 0 Å². The molecule has 1 aromatic carbocycles. The highest BCUT2D eigenvalue weighted by molar-refractivity contribution is 5.58. The molecule has 0 saturated carbocycles. The van der Waals surface area contributed by atoms with Crippen LogP contribution in [-0.4, -0.2) is 6.04 Å². The van der Waals surface area contributed by atoms with E-state index < -0.39 is 0 Å². The van der Waals surface area contributed by atoms with Crippen molar-refractivity contribution in [2.24, 2.45) is 0 Å². The smallest absolute Gasteiger partial charge is 0.0670 e. The van der Waals surface area contributed by atoms with Crippen molar-refractivity contribution in [3.05, 3.63) is 23.8 Å². The highest BCUT2D eigenvalue weighted by atomic mass is 14.9. The third-order valence-corrected chi connectivity index (χ3v) is 2.82. The van der Waals surface area contributed by atoms with Crippen LogP contribution in [0, 0.1) is 11.3 Å². The number of nitrogen functional groups attached to an aromatic ring is 1. The Bertz CT molecular complexity index is 393. The lowest BCUT2D eigenvalue weighted by molar-refractivity contribution is 0.645. The molecule has 3 heteroatoms. The second kappa shape index (κ2) is 6.80. The average molecular weight is 231 g/mol. The van der Waals surface area contributed by atoms with Gasteiger partial charge in [0.15, 0.2) is 0 Å². The Morgan fingerprint density at radius 1 is 1.47 bits per heavy atom. The standard InChI is InChI=1S/C14H21N3/c1-3-4-5-11(2)17-13-6-7-14(16)12(10-13)8-9-15/h6-7,10-11,17H,3-5,8,16H2,1-2H3. The van der Waals surface area contributed by atoms with Crippen LogP contribution >= 0.6 is 0 Å². The molecule has 3 nitrogen and oxygen atoms in total. The topological polar surface area (TPSA) is 61.8 Å². The van der Waals surface area contributed by atoms with Gasteiger partial charge in [-0.3, -0.25) is 0 Å². The summed E-state index contributed by atoms with van der Waals surface area (Å²) in [7, 11) is 0. The van der Waals surface area contributed by atoms with E-state index in [0.717, 1.165) is 17.7 Å². The summed E-state index contributed by atoms with van der Waals surface area (Å²) in [6.07, 6.45) is 3.97. The highest BCUT2D eigenvalue weighted by Crippen LogP contribution is 2.19. The predicted molar refractivity (Wildman–Crippen MR) is 72.8 cm³/mol. The predicted octanol–water partition coefficient (Wildman–Crippen LogP) is 3.33. The minimum Gasteiger partial charge on any atom is -0.398 e. The molecule has 1 aromatic rings. The number of rotatable bonds is 6. The van der Waals surface area contributed by atoms with Gasteiger partial charge >= 0.3 is 0 Å². The Hall–Kier alpha value is -1.69. The van der Waals surface area contributed by atoms with Crippen LogP contribution in [-0.2, 0) is 6.42 Å². The van der Waals surface area contributed by atoms with Crippen LogP contribution in [0.3, 0.4) is 0 Å². The summed E-state index contributed by atoms with van der Waals surface area (Å²) in [5.41, 5.74) is 8.45. The first kappa shape index (κ1) is 13.4. The third kappa shape index (κ3) is 4.36. The van der Waals surface area contributed by atoms with Crippen molar-refractivity contribution in [2.45, 2.75) is 45.6 Å². The maximum absolute atomic E-state index is 8.71. The number of nitrogens with two attached hydrogens (primary N) is 1. The molecule has 0 saturated heterocycles. The summed E-state index contributed by atoms with van der Waals surface area (Å²) < 4.78 is 0. The van der Waals surface area contributed by atoms with Gasteiger partial charge in [0, 0.05) is 17.4 Å². The number of anilines is 2. The number of nitriles is 1. The lowest BCUT2D eigenvalue weighted by atomic mass is 10.1. The van der Waals surface area contributed by atoms with Gasteiger partial charge < -0.3 is 11.1 Å². The molecule has 92 valence electrons. The van der Waals surface area contributed by atoms with Crippen LogP contribution in [0.1, 0.15) is 38.7 Å². The van der Waals surface area contributed by atoms with Crippen molar-refractivity contribution in [2.75, 3.05) is 11.1 Å². The molecular formula is C14H21N3. The molecular weight excluding hydrogens is 210 g/mol. The summed E-state index contributed by atoms with van der Waals surface area (Å²) in [4.78, 5) is 0. The van der Waals surface area contributed by atoms with E-state index in [0.29, 0.717) is 18.2 Å². The van der Waals surface area contributed by atoms with Crippen LogP contribution in [0.2, 0.25) is 0 Å². The van der Waals surface area contributed by atoms with Gasteiger partial charge in [0.05, 0.1) is 12.5 Å². The van der Waals surface area contributed by atoms with Crippen molar-refractivity contribution in [3.63, 3.8) is 0 Å². The molecule has 17 heavy (non-hydrogen) atoms. The average Bonchev–Trinajstić information content (AvgIpc) is 2.31. The Morgan fingerprint density at radius 2 is 2.24 bits per heavy atom. The fourth-order valence-electron chi connectivity index (χ4n) is 1.80. The molecule has 1 atom stereocenters. The first-order chi connectivity index (χ1) is 8.17. The van der Waals surface area contributed by atoms with E-state index in [1.807, 2.05) is 18.2 Å². The molecule has 0 fully saturated rings. The van der Waals surface area contributed by atoms with Crippen molar-refractivity contribution >= 4 is 11.4 Å². The minimum atomic E-state index is 0.366. The normalized spacial score (nSPS) is 11.8. The van der Waals surface area contributed by atoms with Gasteiger partial charge in [-0.1, -0.05) is 19.8 Å². The Morgan fingerprint density at radius 3 is 2.88 bits per heavy atom. The molecule has 1 unspecified atom stereocenters. The fourth-order valence-corrected chi connectivity index (χ4v) is 1.80. The Kier molecular flexibility index (Phi) is 5.35. The number of unbranched alkanes of at least 4 members (excludes halogenated alkanes) is 1. The Balaban J connectivity index is 2.65. The molecule has 0 aromatic heterocycles. The first-order valence-electron chi connectivity index (χ1n) is 6.19. The lowest BCUT2D eigenvalue weighted by Gasteiger charge is -2.16. The zero-order valence-corrected chi connectivity index (χ0v) is 10.7. The van der Waals surface area contributed by atoms with Gasteiger partial charge in [0.2, 0.25) is 0 Å². The van der Waals surface area contributed by atoms with E-state index in [-0.39, 0.29) is 0 Å². The van der Waals surface area contributed by atoms with E-state index in [1.54, 1.807) is 0 Å². The SMILES string of the molecule is CCCCC(C)Nc1ccc(N)c(CC#N)c1. The molecule has 0 heterocycles. The van der Waals surface area contributed by atoms with E-state index in [4.69, 9.17) is 11.0 Å². The zero-order valence-electron chi connectivity index (χ0n) is 10.7. The van der Waals surface area contributed by atoms with Crippen LogP contribution in [0.15, 0.2) is 18.2 Å².